The maximum absolute atomic E-state index is 12.6. The second-order valence-electron chi connectivity index (χ2n) is 6.00. The number of hydrogen-bond donors (Lipinski definition) is 1. The summed E-state index contributed by atoms with van der Waals surface area (Å²) in [5.74, 6) is -3.48. The van der Waals surface area contributed by atoms with Crippen molar-refractivity contribution in [2.45, 2.75) is 26.1 Å². The number of nitrogens with zero attached hydrogens (tertiary/aromatic N) is 1. The molecule has 0 fully saturated rings. The fourth-order valence-corrected chi connectivity index (χ4v) is 3.32. The van der Waals surface area contributed by atoms with Crippen LogP contribution in [-0.4, -0.2) is 50.4 Å². The van der Waals surface area contributed by atoms with E-state index in [9.17, 15) is 14.7 Å². The van der Waals surface area contributed by atoms with Gasteiger partial charge in [0, 0.05) is 25.8 Å². The largest absolute Gasteiger partial charge is 0.481 e. The van der Waals surface area contributed by atoms with Crippen LogP contribution in [0.25, 0.3) is 0 Å². The van der Waals surface area contributed by atoms with E-state index < -0.39 is 30.1 Å². The van der Waals surface area contributed by atoms with Crippen molar-refractivity contribution in [2.24, 2.45) is 10.9 Å². The fraction of sp³-hybridized carbons (Fsp3) is 0.421. The number of aliphatic imine (C=N–C) groups is 1. The predicted octanol–water partition coefficient (Wildman–Crippen LogP) is 2.30. The first-order valence-corrected chi connectivity index (χ1v) is 8.08. The van der Waals surface area contributed by atoms with E-state index in [0.29, 0.717) is 5.71 Å². The molecule has 140 valence electrons. The van der Waals surface area contributed by atoms with Crippen molar-refractivity contribution < 1.29 is 28.9 Å². The molecule has 2 atom stereocenters. The number of carbonyl (C=O) groups is 2. The molecule has 7 heteroatoms. The lowest BCUT2D eigenvalue weighted by Gasteiger charge is -2.33. The molecular weight excluding hydrogens is 338 g/mol. The number of carbonyl (C=O) groups excluding carboxylic acids is 1. The average Bonchev–Trinajstić information content (AvgIpc) is 2.61. The van der Waals surface area contributed by atoms with E-state index >= 15 is 0 Å². The zero-order valence-electron chi connectivity index (χ0n) is 15.5. The number of aliphatic carboxylic acids is 1. The molecule has 26 heavy (non-hydrogen) atoms. The normalized spacial score (nSPS) is 20.2. The van der Waals surface area contributed by atoms with E-state index in [1.807, 2.05) is 25.1 Å². The standard InChI is InChI=1S/C19H23NO6/c1-10-8-6-7-9-12(10)14-13(17(21)22)11(2)20-16(19(25-4)26-5)15(14)18(23)24-3/h6-9,13-14,19H,1-5H3,(H,21,22). The van der Waals surface area contributed by atoms with Gasteiger partial charge in [0.15, 0.2) is 0 Å². The summed E-state index contributed by atoms with van der Waals surface area (Å²) in [6, 6.07) is 7.34. The molecule has 1 N–H and O–H groups in total. The Hall–Kier alpha value is -2.51. The highest BCUT2D eigenvalue weighted by Gasteiger charge is 2.44. The van der Waals surface area contributed by atoms with Crippen LogP contribution in [0, 0.1) is 12.8 Å². The second kappa shape index (κ2) is 8.25. The Balaban J connectivity index is 2.82. The van der Waals surface area contributed by atoms with Gasteiger partial charge in [0.25, 0.3) is 0 Å². The summed E-state index contributed by atoms with van der Waals surface area (Å²) in [5.41, 5.74) is 2.31. The topological polar surface area (TPSA) is 94.4 Å². The van der Waals surface area contributed by atoms with Crippen molar-refractivity contribution in [3.8, 4) is 0 Å². The van der Waals surface area contributed by atoms with Crippen LogP contribution in [0.1, 0.15) is 24.0 Å². The van der Waals surface area contributed by atoms with Crippen LogP contribution in [0.2, 0.25) is 0 Å². The number of aryl methyl sites for hydroxylation is 1. The van der Waals surface area contributed by atoms with Crippen LogP contribution < -0.4 is 0 Å². The summed E-state index contributed by atoms with van der Waals surface area (Å²) in [6.07, 6.45) is -0.916. The summed E-state index contributed by atoms with van der Waals surface area (Å²) in [6.45, 7) is 3.49. The highest BCUT2D eigenvalue weighted by atomic mass is 16.7. The molecule has 0 aromatic heterocycles. The molecule has 1 aliphatic rings. The molecule has 1 aromatic rings. The van der Waals surface area contributed by atoms with Gasteiger partial charge in [-0.2, -0.15) is 0 Å². The molecule has 2 unspecified atom stereocenters. The first kappa shape index (κ1) is 19.8. The quantitative estimate of drug-likeness (QED) is 0.617. The number of methoxy groups -OCH3 is 3. The SMILES string of the molecule is COC(=O)C1=C(C(OC)OC)N=C(C)C(C(=O)O)C1c1ccccc1C. The van der Waals surface area contributed by atoms with Crippen LogP contribution in [0.15, 0.2) is 40.5 Å². The van der Waals surface area contributed by atoms with Crippen molar-refractivity contribution in [1.29, 1.82) is 0 Å². The van der Waals surface area contributed by atoms with Crippen molar-refractivity contribution in [2.75, 3.05) is 21.3 Å². The third kappa shape index (κ3) is 3.54. The molecule has 2 rings (SSSR count). The maximum Gasteiger partial charge on any atom is 0.336 e. The lowest BCUT2D eigenvalue weighted by Crippen LogP contribution is -2.38. The molecule has 1 aromatic carbocycles. The lowest BCUT2D eigenvalue weighted by molar-refractivity contribution is -0.140. The van der Waals surface area contributed by atoms with Gasteiger partial charge >= 0.3 is 11.9 Å². The van der Waals surface area contributed by atoms with Crippen molar-refractivity contribution in [3.63, 3.8) is 0 Å². The minimum absolute atomic E-state index is 0.133. The van der Waals surface area contributed by atoms with Crippen LogP contribution >= 0.6 is 0 Å². The summed E-state index contributed by atoms with van der Waals surface area (Å²) < 4.78 is 15.5. The van der Waals surface area contributed by atoms with Gasteiger partial charge in [-0.3, -0.25) is 9.79 Å². The third-order valence-corrected chi connectivity index (χ3v) is 4.51. The molecule has 0 saturated heterocycles. The molecule has 0 amide bonds. The number of rotatable bonds is 6. The average molecular weight is 361 g/mol. The number of hydrogen-bond acceptors (Lipinski definition) is 6. The van der Waals surface area contributed by atoms with Crippen LogP contribution in [0.4, 0.5) is 0 Å². The number of esters is 1. The summed E-state index contributed by atoms with van der Waals surface area (Å²) in [5, 5.41) is 9.82. The Bertz CT molecular complexity index is 763. The predicted molar refractivity (Wildman–Crippen MR) is 95.0 cm³/mol. The van der Waals surface area contributed by atoms with Gasteiger partial charge in [-0.05, 0) is 25.0 Å². The summed E-state index contributed by atoms with van der Waals surface area (Å²) >= 11 is 0. The van der Waals surface area contributed by atoms with Gasteiger partial charge in [-0.1, -0.05) is 24.3 Å². The first-order valence-electron chi connectivity index (χ1n) is 8.08. The highest BCUT2D eigenvalue weighted by Crippen LogP contribution is 2.42. The van der Waals surface area contributed by atoms with Gasteiger partial charge in [-0.15, -0.1) is 0 Å². The van der Waals surface area contributed by atoms with E-state index in [4.69, 9.17) is 14.2 Å². The Morgan fingerprint density at radius 2 is 1.73 bits per heavy atom. The summed E-state index contributed by atoms with van der Waals surface area (Å²) in [7, 11) is 4.09. The van der Waals surface area contributed by atoms with Crippen LogP contribution in [0.5, 0.6) is 0 Å². The van der Waals surface area contributed by atoms with Gasteiger partial charge < -0.3 is 19.3 Å². The molecule has 7 nitrogen and oxygen atoms in total. The number of benzene rings is 1. The fourth-order valence-electron chi connectivity index (χ4n) is 3.32. The highest BCUT2D eigenvalue weighted by molar-refractivity contribution is 6.06. The van der Waals surface area contributed by atoms with Crippen LogP contribution in [0.3, 0.4) is 0 Å². The minimum atomic E-state index is -1.06. The second-order valence-corrected chi connectivity index (χ2v) is 6.00. The Kier molecular flexibility index (Phi) is 6.28. The van der Waals surface area contributed by atoms with Gasteiger partial charge in [0.05, 0.1) is 12.7 Å². The summed E-state index contributed by atoms with van der Waals surface area (Å²) in [4.78, 5) is 29.0. The van der Waals surface area contributed by atoms with Crippen molar-refractivity contribution in [3.05, 3.63) is 46.7 Å². The third-order valence-electron chi connectivity index (χ3n) is 4.51. The molecule has 0 radical (unpaired) electrons. The zero-order valence-corrected chi connectivity index (χ0v) is 15.5. The molecule has 1 aliphatic heterocycles. The maximum atomic E-state index is 12.6. The van der Waals surface area contributed by atoms with E-state index in [0.717, 1.165) is 11.1 Å². The number of carboxylic acid groups (broad SMARTS) is 1. The lowest BCUT2D eigenvalue weighted by atomic mass is 9.74. The Morgan fingerprint density at radius 1 is 1.12 bits per heavy atom. The number of ether oxygens (including phenoxy) is 3. The molecular formula is C19H23NO6. The molecule has 1 heterocycles. The smallest absolute Gasteiger partial charge is 0.336 e. The van der Waals surface area contributed by atoms with Crippen molar-refractivity contribution in [1.82, 2.24) is 0 Å². The first-order chi connectivity index (χ1) is 12.4. The van der Waals surface area contributed by atoms with Gasteiger partial charge in [-0.25, -0.2) is 4.79 Å². The monoisotopic (exact) mass is 361 g/mol. The van der Waals surface area contributed by atoms with E-state index in [1.54, 1.807) is 13.0 Å². The molecule has 0 bridgehead atoms. The Morgan fingerprint density at radius 3 is 2.23 bits per heavy atom. The molecule has 0 spiro atoms. The number of carboxylic acids is 1. The van der Waals surface area contributed by atoms with E-state index in [-0.39, 0.29) is 11.3 Å². The van der Waals surface area contributed by atoms with Crippen molar-refractivity contribution >= 4 is 17.7 Å². The zero-order chi connectivity index (χ0) is 19.4. The molecule has 0 saturated carbocycles. The molecule has 0 aliphatic carbocycles. The van der Waals surface area contributed by atoms with Crippen LogP contribution in [-0.2, 0) is 23.8 Å². The Labute approximate surface area is 152 Å². The van der Waals surface area contributed by atoms with Gasteiger partial charge in [0.2, 0.25) is 6.29 Å². The van der Waals surface area contributed by atoms with E-state index in [2.05, 4.69) is 4.99 Å². The van der Waals surface area contributed by atoms with Gasteiger partial charge in [0.1, 0.15) is 11.6 Å². The van der Waals surface area contributed by atoms with E-state index in [1.165, 1.54) is 21.3 Å². The minimum Gasteiger partial charge on any atom is -0.481 e.